The fourth-order valence-corrected chi connectivity index (χ4v) is 2.58. The number of rotatable bonds is 5. The van der Waals surface area contributed by atoms with E-state index in [9.17, 15) is 10.1 Å². The number of benzene rings is 1. The molecule has 96 valence electrons. The molecule has 0 radical (unpaired) electrons. The van der Waals surface area contributed by atoms with Gasteiger partial charge >= 0.3 is 0 Å². The highest BCUT2D eigenvalue weighted by Gasteiger charge is 2.09. The van der Waals surface area contributed by atoms with Gasteiger partial charge in [0.25, 0.3) is 5.70 Å². The average Bonchev–Trinajstić information content (AvgIpc) is 2.34. The summed E-state index contributed by atoms with van der Waals surface area (Å²) >= 11 is 8.81. The smallest absolute Gasteiger partial charge is 0.258 e. The molecule has 18 heavy (non-hydrogen) atoms. The first kappa shape index (κ1) is 15.1. The quantitative estimate of drug-likeness (QED) is 0.455. The van der Waals surface area contributed by atoms with E-state index in [1.54, 1.807) is 30.3 Å². The second-order valence-electron chi connectivity index (χ2n) is 3.25. The van der Waals surface area contributed by atoms with Crippen molar-refractivity contribution < 1.29 is 4.92 Å². The Morgan fingerprint density at radius 1 is 1.39 bits per heavy atom. The molecule has 0 aliphatic carbocycles. The molecule has 0 aliphatic rings. The van der Waals surface area contributed by atoms with Crippen molar-refractivity contribution in [2.75, 3.05) is 12.5 Å². The molecule has 0 saturated carbocycles. The average molecular weight is 302 g/mol. The minimum absolute atomic E-state index is 0.0518. The standard InChI is InChI=1S/C12H12ClNO2S2/c1-17-12(18-2)8-11(14(15)16)7-9-4-3-5-10(13)6-9/h3-8H,1-2H3/b11-7+. The van der Waals surface area contributed by atoms with E-state index in [1.807, 2.05) is 12.5 Å². The number of halogens is 1. The first-order valence-electron chi connectivity index (χ1n) is 4.98. The number of hydrogen-bond acceptors (Lipinski definition) is 4. The summed E-state index contributed by atoms with van der Waals surface area (Å²) in [6, 6.07) is 6.97. The molecule has 0 fully saturated rings. The van der Waals surface area contributed by atoms with E-state index in [4.69, 9.17) is 11.6 Å². The third-order valence-corrected chi connectivity index (χ3v) is 4.32. The highest BCUT2D eigenvalue weighted by Crippen LogP contribution is 2.26. The maximum Gasteiger partial charge on any atom is 0.271 e. The summed E-state index contributed by atoms with van der Waals surface area (Å²) in [4.78, 5) is 10.6. The molecule has 0 aromatic heterocycles. The van der Waals surface area contributed by atoms with Gasteiger partial charge in [0, 0.05) is 21.4 Å². The van der Waals surface area contributed by atoms with E-state index in [-0.39, 0.29) is 5.70 Å². The predicted octanol–water partition coefficient (Wildman–Crippen LogP) is 4.53. The molecule has 1 aromatic carbocycles. The zero-order valence-electron chi connectivity index (χ0n) is 9.92. The Kier molecular flexibility index (Phi) is 6.32. The van der Waals surface area contributed by atoms with Crippen LogP contribution in [0.25, 0.3) is 6.08 Å². The molecule has 3 nitrogen and oxygen atoms in total. The van der Waals surface area contributed by atoms with Crippen LogP contribution in [0, 0.1) is 10.1 Å². The molecule has 0 atom stereocenters. The summed E-state index contributed by atoms with van der Waals surface area (Å²) in [6.45, 7) is 0. The number of allylic oxidation sites excluding steroid dienone is 1. The summed E-state index contributed by atoms with van der Waals surface area (Å²) in [7, 11) is 0. The minimum Gasteiger partial charge on any atom is -0.258 e. The molecule has 0 aliphatic heterocycles. The molecular weight excluding hydrogens is 290 g/mol. The van der Waals surface area contributed by atoms with Crippen LogP contribution in [0.5, 0.6) is 0 Å². The van der Waals surface area contributed by atoms with Gasteiger partial charge in [-0.05, 0) is 30.2 Å². The lowest BCUT2D eigenvalue weighted by Gasteiger charge is -1.99. The van der Waals surface area contributed by atoms with Gasteiger partial charge in [-0.3, -0.25) is 10.1 Å². The van der Waals surface area contributed by atoms with Gasteiger partial charge in [-0.15, -0.1) is 23.5 Å². The lowest BCUT2D eigenvalue weighted by molar-refractivity contribution is -0.417. The Balaban J connectivity index is 3.13. The van der Waals surface area contributed by atoms with Crippen LogP contribution in [0.1, 0.15) is 5.56 Å². The van der Waals surface area contributed by atoms with Gasteiger partial charge < -0.3 is 0 Å². The summed E-state index contributed by atoms with van der Waals surface area (Å²) in [6.07, 6.45) is 6.85. The van der Waals surface area contributed by atoms with Crippen LogP contribution in [0.4, 0.5) is 0 Å². The molecule has 1 aromatic rings. The van der Waals surface area contributed by atoms with Crippen LogP contribution in [0.3, 0.4) is 0 Å². The number of hydrogen-bond donors (Lipinski definition) is 0. The van der Waals surface area contributed by atoms with Gasteiger partial charge in [0.2, 0.25) is 0 Å². The Hall–Kier alpha value is -0.910. The van der Waals surface area contributed by atoms with Crippen LogP contribution in [-0.4, -0.2) is 17.4 Å². The van der Waals surface area contributed by atoms with Crippen LogP contribution >= 0.6 is 35.1 Å². The van der Waals surface area contributed by atoms with Crippen LogP contribution in [-0.2, 0) is 0 Å². The van der Waals surface area contributed by atoms with Gasteiger partial charge in [0.15, 0.2) is 0 Å². The Morgan fingerprint density at radius 3 is 2.56 bits per heavy atom. The molecule has 0 bridgehead atoms. The molecule has 0 saturated heterocycles. The van der Waals surface area contributed by atoms with E-state index >= 15 is 0 Å². The monoisotopic (exact) mass is 301 g/mol. The third kappa shape index (κ3) is 4.76. The Morgan fingerprint density at radius 2 is 2.06 bits per heavy atom. The molecule has 6 heteroatoms. The van der Waals surface area contributed by atoms with Crippen molar-refractivity contribution in [2.24, 2.45) is 0 Å². The van der Waals surface area contributed by atoms with Crippen molar-refractivity contribution in [2.45, 2.75) is 0 Å². The molecule has 0 unspecified atom stereocenters. The van der Waals surface area contributed by atoms with E-state index in [0.29, 0.717) is 10.6 Å². The maximum atomic E-state index is 11.0. The fourth-order valence-electron chi connectivity index (χ4n) is 1.24. The van der Waals surface area contributed by atoms with Gasteiger partial charge in [0.1, 0.15) is 0 Å². The normalized spacial score (nSPS) is 11.2. The van der Waals surface area contributed by atoms with Crippen molar-refractivity contribution in [3.05, 3.63) is 61.0 Å². The predicted molar refractivity (Wildman–Crippen MR) is 81.5 cm³/mol. The van der Waals surface area contributed by atoms with Crippen LogP contribution < -0.4 is 0 Å². The summed E-state index contributed by atoms with van der Waals surface area (Å²) < 4.78 is 0.889. The van der Waals surface area contributed by atoms with E-state index in [1.165, 1.54) is 29.6 Å². The summed E-state index contributed by atoms with van der Waals surface area (Å²) in [5.74, 6) is 0. The zero-order chi connectivity index (χ0) is 13.5. The van der Waals surface area contributed by atoms with Gasteiger partial charge in [-0.25, -0.2) is 0 Å². The second-order valence-corrected chi connectivity index (χ2v) is 5.64. The lowest BCUT2D eigenvalue weighted by atomic mass is 10.2. The summed E-state index contributed by atoms with van der Waals surface area (Å²) in [5.41, 5.74) is 0.767. The first-order chi connectivity index (χ1) is 8.56. The highest BCUT2D eigenvalue weighted by molar-refractivity contribution is 8.21. The molecular formula is C12H12ClNO2S2. The topological polar surface area (TPSA) is 43.1 Å². The molecule has 0 spiro atoms. The minimum atomic E-state index is -0.395. The largest absolute Gasteiger partial charge is 0.271 e. The fraction of sp³-hybridized carbons (Fsp3) is 0.167. The van der Waals surface area contributed by atoms with E-state index < -0.39 is 4.92 Å². The first-order valence-corrected chi connectivity index (χ1v) is 7.81. The maximum absolute atomic E-state index is 11.0. The number of nitro groups is 1. The van der Waals surface area contributed by atoms with Crippen LogP contribution in [0.2, 0.25) is 5.02 Å². The second kappa shape index (κ2) is 7.51. The van der Waals surface area contributed by atoms with Crippen LogP contribution in [0.15, 0.2) is 40.3 Å². The van der Waals surface area contributed by atoms with Crippen molar-refractivity contribution in [3.8, 4) is 0 Å². The molecule has 0 N–H and O–H groups in total. The van der Waals surface area contributed by atoms with E-state index in [2.05, 4.69) is 0 Å². The Labute approximate surface area is 119 Å². The molecule has 1 rings (SSSR count). The number of thioether (sulfide) groups is 2. The Bertz CT molecular complexity index is 495. The third-order valence-electron chi connectivity index (χ3n) is 2.04. The number of nitrogens with zero attached hydrogens (tertiary/aromatic N) is 1. The molecule has 0 heterocycles. The summed E-state index contributed by atoms with van der Waals surface area (Å²) in [5, 5.41) is 11.6. The zero-order valence-corrected chi connectivity index (χ0v) is 12.3. The van der Waals surface area contributed by atoms with Gasteiger partial charge in [0.05, 0.1) is 4.92 Å². The van der Waals surface area contributed by atoms with Crippen molar-refractivity contribution >= 4 is 41.2 Å². The highest BCUT2D eigenvalue weighted by atomic mass is 35.5. The van der Waals surface area contributed by atoms with Crippen molar-refractivity contribution in [1.29, 1.82) is 0 Å². The molecule has 0 amide bonds. The SMILES string of the molecule is CSC(=C/C(=C\c1cccc(Cl)c1)[N+](=O)[O-])SC. The van der Waals surface area contributed by atoms with Gasteiger partial charge in [-0.2, -0.15) is 0 Å². The van der Waals surface area contributed by atoms with Crippen molar-refractivity contribution in [3.63, 3.8) is 0 Å². The van der Waals surface area contributed by atoms with E-state index in [0.717, 1.165) is 4.24 Å². The van der Waals surface area contributed by atoms with Gasteiger partial charge in [-0.1, -0.05) is 23.7 Å². The lowest BCUT2D eigenvalue weighted by Crippen LogP contribution is -1.95. The van der Waals surface area contributed by atoms with Crippen molar-refractivity contribution in [1.82, 2.24) is 0 Å².